The monoisotopic (exact) mass is 452 g/mol. The largest absolute Gasteiger partial charge is 0.349 e. The first-order valence-corrected chi connectivity index (χ1v) is 12.0. The van der Waals surface area contributed by atoms with Crippen molar-refractivity contribution in [1.29, 1.82) is 0 Å². The number of hydrogen-bond donors (Lipinski definition) is 2. The summed E-state index contributed by atoms with van der Waals surface area (Å²) in [5, 5.41) is 10.9. The quantitative estimate of drug-likeness (QED) is 0.480. The highest BCUT2D eigenvalue weighted by Gasteiger charge is 2.25. The molecule has 168 valence electrons. The molecule has 0 radical (unpaired) electrons. The van der Waals surface area contributed by atoms with Crippen molar-refractivity contribution in [2.24, 2.45) is 0 Å². The molecule has 2 aromatic heterocycles. The van der Waals surface area contributed by atoms with Gasteiger partial charge in [0.25, 0.3) is 11.7 Å². The van der Waals surface area contributed by atoms with Crippen molar-refractivity contribution >= 4 is 35.0 Å². The molecule has 2 heterocycles. The summed E-state index contributed by atoms with van der Waals surface area (Å²) < 4.78 is 1.76. The molecule has 32 heavy (non-hydrogen) atoms. The molecule has 0 bridgehead atoms. The molecule has 0 unspecified atom stereocenters. The number of para-hydroxylation sites is 1. The topological polar surface area (TPSA) is 101 Å². The molecule has 0 saturated heterocycles. The summed E-state index contributed by atoms with van der Waals surface area (Å²) in [5.41, 5.74) is 4.21. The third kappa shape index (κ3) is 5.09. The number of fused-ring (bicyclic) bond motifs is 1. The van der Waals surface area contributed by atoms with Crippen LogP contribution in [0, 0.1) is 13.8 Å². The summed E-state index contributed by atoms with van der Waals surface area (Å²) in [4.78, 5) is 34.1. The molecule has 2 amide bonds. The highest BCUT2D eigenvalue weighted by Crippen LogP contribution is 2.23. The molecular weight excluding hydrogens is 424 g/mol. The van der Waals surface area contributed by atoms with Crippen LogP contribution in [0.3, 0.4) is 0 Å². The van der Waals surface area contributed by atoms with Gasteiger partial charge >= 0.3 is 0 Å². The Hall–Kier alpha value is -2.94. The lowest BCUT2D eigenvalue weighted by atomic mass is 10.1. The number of rotatable bonds is 9. The SMILES string of the molecule is CCCCc1c(C)nc2nc(SCC(=O)Nc3ccccc3C(=O)NC3CC3)nn2c1C. The average molecular weight is 453 g/mol. The van der Waals surface area contributed by atoms with Crippen molar-refractivity contribution in [3.63, 3.8) is 0 Å². The Morgan fingerprint density at radius 3 is 2.72 bits per heavy atom. The van der Waals surface area contributed by atoms with Crippen LogP contribution >= 0.6 is 11.8 Å². The molecule has 1 saturated carbocycles. The maximum Gasteiger partial charge on any atom is 0.253 e. The zero-order valence-corrected chi connectivity index (χ0v) is 19.5. The number of unbranched alkanes of at least 4 members (excludes halogenated alkanes) is 1. The standard InChI is InChI=1S/C23H28N6O2S/c1-4-5-8-17-14(2)24-22-27-23(28-29(22)15(17)3)32-13-20(30)26-19-10-7-6-9-18(19)21(31)25-16-11-12-16/h6-7,9-10,16H,4-5,8,11-13H2,1-3H3,(H,25,31)(H,26,30). The first-order chi connectivity index (χ1) is 15.5. The lowest BCUT2D eigenvalue weighted by molar-refractivity contribution is -0.113. The van der Waals surface area contributed by atoms with Crippen molar-refractivity contribution < 1.29 is 9.59 Å². The summed E-state index contributed by atoms with van der Waals surface area (Å²) >= 11 is 1.25. The van der Waals surface area contributed by atoms with Gasteiger partial charge in [-0.25, -0.2) is 9.50 Å². The Kier molecular flexibility index (Phi) is 6.74. The van der Waals surface area contributed by atoms with E-state index in [-0.39, 0.29) is 23.6 Å². The molecule has 3 aromatic rings. The average Bonchev–Trinajstić information content (AvgIpc) is 3.49. The summed E-state index contributed by atoms with van der Waals surface area (Å²) in [6.45, 7) is 6.21. The van der Waals surface area contributed by atoms with E-state index in [2.05, 4.69) is 32.6 Å². The lowest BCUT2D eigenvalue weighted by Gasteiger charge is -2.10. The van der Waals surface area contributed by atoms with Gasteiger partial charge in [0.2, 0.25) is 11.1 Å². The number of benzene rings is 1. The van der Waals surface area contributed by atoms with Gasteiger partial charge in [0.15, 0.2) is 0 Å². The maximum atomic E-state index is 12.6. The van der Waals surface area contributed by atoms with Gasteiger partial charge in [-0.15, -0.1) is 5.10 Å². The number of carbonyl (C=O) groups is 2. The summed E-state index contributed by atoms with van der Waals surface area (Å²) in [5.74, 6) is 0.306. The first kappa shape index (κ1) is 22.3. The predicted molar refractivity (Wildman–Crippen MR) is 125 cm³/mol. The third-order valence-corrected chi connectivity index (χ3v) is 6.34. The van der Waals surface area contributed by atoms with Crippen LogP contribution in [0.25, 0.3) is 5.78 Å². The van der Waals surface area contributed by atoms with Gasteiger partial charge < -0.3 is 10.6 Å². The van der Waals surface area contributed by atoms with Crippen LogP contribution in [-0.4, -0.2) is 43.2 Å². The lowest BCUT2D eigenvalue weighted by Crippen LogP contribution is -2.27. The number of anilines is 1. The molecule has 1 aromatic carbocycles. The van der Waals surface area contributed by atoms with Gasteiger partial charge in [-0.2, -0.15) is 4.98 Å². The molecule has 1 aliphatic rings. The van der Waals surface area contributed by atoms with E-state index in [1.54, 1.807) is 28.8 Å². The van der Waals surface area contributed by atoms with Gasteiger partial charge in [-0.05, 0) is 57.2 Å². The van der Waals surface area contributed by atoms with Crippen molar-refractivity contribution in [2.45, 2.75) is 64.1 Å². The van der Waals surface area contributed by atoms with Crippen molar-refractivity contribution in [3.05, 3.63) is 46.8 Å². The van der Waals surface area contributed by atoms with Crippen molar-refractivity contribution in [3.8, 4) is 0 Å². The zero-order valence-electron chi connectivity index (χ0n) is 18.6. The number of nitrogens with zero attached hydrogens (tertiary/aromatic N) is 4. The van der Waals surface area contributed by atoms with Crippen molar-refractivity contribution in [1.82, 2.24) is 24.9 Å². The molecular formula is C23H28N6O2S. The fourth-order valence-electron chi connectivity index (χ4n) is 3.56. The highest BCUT2D eigenvalue weighted by atomic mass is 32.2. The van der Waals surface area contributed by atoms with Crippen LogP contribution in [0.5, 0.6) is 0 Å². The number of carbonyl (C=O) groups excluding carboxylic acids is 2. The van der Waals surface area contributed by atoms with E-state index >= 15 is 0 Å². The van der Waals surface area contributed by atoms with Gasteiger partial charge in [-0.3, -0.25) is 9.59 Å². The maximum absolute atomic E-state index is 12.6. The van der Waals surface area contributed by atoms with Crippen molar-refractivity contribution in [2.75, 3.05) is 11.1 Å². The van der Waals surface area contributed by atoms with Gasteiger partial charge in [-0.1, -0.05) is 37.2 Å². The minimum absolute atomic E-state index is 0.135. The van der Waals surface area contributed by atoms with Crippen LogP contribution in [0.1, 0.15) is 59.9 Å². The van der Waals surface area contributed by atoms with E-state index in [0.29, 0.717) is 22.2 Å². The van der Waals surface area contributed by atoms with Gasteiger partial charge in [0.1, 0.15) is 0 Å². The third-order valence-electron chi connectivity index (χ3n) is 5.50. The number of aromatic nitrogens is 4. The number of amides is 2. The highest BCUT2D eigenvalue weighted by molar-refractivity contribution is 7.99. The van der Waals surface area contributed by atoms with Gasteiger partial charge in [0.05, 0.1) is 17.0 Å². The molecule has 1 fully saturated rings. The Labute approximate surface area is 191 Å². The fraction of sp³-hybridized carbons (Fsp3) is 0.435. The summed E-state index contributed by atoms with van der Waals surface area (Å²) in [6.07, 6.45) is 5.21. The van der Waals surface area contributed by atoms with Crippen LogP contribution in [-0.2, 0) is 11.2 Å². The normalized spacial score (nSPS) is 13.3. The molecule has 0 aliphatic heterocycles. The zero-order chi connectivity index (χ0) is 22.7. The summed E-state index contributed by atoms with van der Waals surface area (Å²) in [6, 6.07) is 7.30. The number of nitrogens with one attached hydrogen (secondary N) is 2. The molecule has 9 heteroatoms. The van der Waals surface area contributed by atoms with E-state index in [4.69, 9.17) is 0 Å². The van der Waals surface area contributed by atoms with Crippen LogP contribution in [0.2, 0.25) is 0 Å². The van der Waals surface area contributed by atoms with Crippen LogP contribution < -0.4 is 10.6 Å². The number of aryl methyl sites for hydroxylation is 2. The molecule has 8 nitrogen and oxygen atoms in total. The van der Waals surface area contributed by atoms with E-state index in [9.17, 15) is 9.59 Å². The van der Waals surface area contributed by atoms with E-state index in [1.807, 2.05) is 13.8 Å². The Balaban J connectivity index is 1.42. The molecule has 0 atom stereocenters. The van der Waals surface area contributed by atoms with Crippen LogP contribution in [0.4, 0.5) is 5.69 Å². The van der Waals surface area contributed by atoms with Gasteiger partial charge in [0, 0.05) is 17.4 Å². The van der Waals surface area contributed by atoms with E-state index < -0.39 is 0 Å². The molecule has 1 aliphatic carbocycles. The first-order valence-electron chi connectivity index (χ1n) is 11.0. The fourth-order valence-corrected chi connectivity index (χ4v) is 4.18. The minimum atomic E-state index is -0.218. The second-order valence-electron chi connectivity index (χ2n) is 8.10. The van der Waals surface area contributed by atoms with Crippen LogP contribution in [0.15, 0.2) is 29.4 Å². The summed E-state index contributed by atoms with van der Waals surface area (Å²) in [7, 11) is 0. The second-order valence-corrected chi connectivity index (χ2v) is 9.04. The van der Waals surface area contributed by atoms with E-state index in [1.165, 1.54) is 17.3 Å². The Morgan fingerprint density at radius 1 is 1.19 bits per heavy atom. The van der Waals surface area contributed by atoms with E-state index in [0.717, 1.165) is 43.5 Å². The molecule has 0 spiro atoms. The minimum Gasteiger partial charge on any atom is -0.349 e. The second kappa shape index (κ2) is 9.68. The predicted octanol–water partition coefficient (Wildman–Crippen LogP) is 3.71. The smallest absolute Gasteiger partial charge is 0.253 e. The Morgan fingerprint density at radius 2 is 1.97 bits per heavy atom. The number of thioether (sulfide) groups is 1. The molecule has 2 N–H and O–H groups in total. The Bertz CT molecular complexity index is 1150. The number of hydrogen-bond acceptors (Lipinski definition) is 6. The molecule has 4 rings (SSSR count).